The Labute approximate surface area is 120 Å². The molecule has 1 N–H and O–H groups in total. The van der Waals surface area contributed by atoms with Crippen molar-refractivity contribution in [1.29, 1.82) is 0 Å². The first-order valence-electron chi connectivity index (χ1n) is 5.79. The summed E-state index contributed by atoms with van der Waals surface area (Å²) in [7, 11) is 0. The highest BCUT2D eigenvalue weighted by molar-refractivity contribution is 7.12. The Balaban J connectivity index is 2.20. The molecule has 2 nitrogen and oxygen atoms in total. The number of hydrogen-bond donors (Lipinski definition) is 1. The van der Waals surface area contributed by atoms with Gasteiger partial charge in [-0.2, -0.15) is 0 Å². The number of nitrogens with one attached hydrogen (secondary N) is 1. The first-order valence-corrected chi connectivity index (χ1v) is 7.05. The van der Waals surface area contributed by atoms with Crippen LogP contribution in [-0.2, 0) is 0 Å². The van der Waals surface area contributed by atoms with Gasteiger partial charge in [-0.05, 0) is 43.0 Å². The average Bonchev–Trinajstić information content (AvgIpc) is 2.75. The number of aryl methyl sites for hydroxylation is 1. The summed E-state index contributed by atoms with van der Waals surface area (Å²) >= 11 is 7.34. The number of thiophene rings is 1. The fourth-order valence-corrected chi connectivity index (χ4v) is 3.02. The van der Waals surface area contributed by atoms with E-state index in [4.69, 9.17) is 11.6 Å². The molecule has 19 heavy (non-hydrogen) atoms. The lowest BCUT2D eigenvalue weighted by Gasteiger charge is -2.16. The van der Waals surface area contributed by atoms with Crippen LogP contribution in [0.15, 0.2) is 29.6 Å². The second-order valence-corrected chi connectivity index (χ2v) is 5.59. The lowest BCUT2D eigenvalue weighted by atomic mass is 10.1. The van der Waals surface area contributed by atoms with Gasteiger partial charge < -0.3 is 5.32 Å². The predicted molar refractivity (Wildman–Crippen MR) is 76.3 cm³/mol. The number of amides is 1. The number of carbonyl (C=O) groups is 1. The van der Waals surface area contributed by atoms with Gasteiger partial charge in [0, 0.05) is 10.6 Å². The first kappa shape index (κ1) is 14.0. The quantitative estimate of drug-likeness (QED) is 0.897. The van der Waals surface area contributed by atoms with Gasteiger partial charge in [-0.1, -0.05) is 17.7 Å². The van der Waals surface area contributed by atoms with Crippen LogP contribution in [-0.4, -0.2) is 5.91 Å². The molecule has 0 saturated carbocycles. The van der Waals surface area contributed by atoms with Gasteiger partial charge in [0.05, 0.1) is 10.9 Å². The van der Waals surface area contributed by atoms with Crippen LogP contribution in [0.2, 0.25) is 5.02 Å². The van der Waals surface area contributed by atoms with Crippen LogP contribution in [0, 0.1) is 12.7 Å². The first-order chi connectivity index (χ1) is 9.00. The Bertz CT molecular complexity index is 591. The second-order valence-electron chi connectivity index (χ2n) is 4.26. The normalized spacial score (nSPS) is 12.2. The summed E-state index contributed by atoms with van der Waals surface area (Å²) in [6.07, 6.45) is 0. The Morgan fingerprint density at radius 1 is 1.42 bits per heavy atom. The minimum atomic E-state index is -0.484. The molecule has 1 aromatic carbocycles. The van der Waals surface area contributed by atoms with E-state index in [0.717, 1.165) is 5.56 Å². The second kappa shape index (κ2) is 5.72. The Kier molecular flexibility index (Phi) is 4.22. The van der Waals surface area contributed by atoms with Crippen LogP contribution in [0.4, 0.5) is 4.39 Å². The fraction of sp³-hybridized carbons (Fsp3) is 0.214. The highest BCUT2D eigenvalue weighted by Gasteiger charge is 2.19. The van der Waals surface area contributed by atoms with Crippen molar-refractivity contribution in [1.82, 2.24) is 5.32 Å². The molecule has 2 aromatic rings. The summed E-state index contributed by atoms with van der Waals surface area (Å²) in [5.74, 6) is -0.623. The number of benzene rings is 1. The fourth-order valence-electron chi connectivity index (χ4n) is 1.86. The van der Waals surface area contributed by atoms with Crippen molar-refractivity contribution in [2.24, 2.45) is 0 Å². The van der Waals surface area contributed by atoms with E-state index >= 15 is 0 Å². The molecule has 1 heterocycles. The molecular weight excluding hydrogens is 285 g/mol. The zero-order valence-electron chi connectivity index (χ0n) is 10.5. The number of carbonyl (C=O) groups excluding carboxylic acids is 1. The highest BCUT2D eigenvalue weighted by Crippen LogP contribution is 2.26. The van der Waals surface area contributed by atoms with Gasteiger partial charge in [0.25, 0.3) is 5.91 Å². The molecule has 2 rings (SSSR count). The molecule has 100 valence electrons. The van der Waals surface area contributed by atoms with Crippen molar-refractivity contribution in [2.75, 3.05) is 0 Å². The molecule has 0 aliphatic heterocycles. The molecule has 1 atom stereocenters. The van der Waals surface area contributed by atoms with Gasteiger partial charge in [-0.3, -0.25) is 4.79 Å². The predicted octanol–water partition coefficient (Wildman–Crippen LogP) is 4.34. The molecule has 0 aliphatic rings. The minimum absolute atomic E-state index is 0.209. The van der Waals surface area contributed by atoms with Gasteiger partial charge in [-0.15, -0.1) is 11.3 Å². The molecule has 0 radical (unpaired) electrons. The average molecular weight is 298 g/mol. The van der Waals surface area contributed by atoms with E-state index in [-0.39, 0.29) is 5.91 Å². The molecule has 0 aliphatic carbocycles. The zero-order chi connectivity index (χ0) is 14.0. The molecule has 0 bridgehead atoms. The number of hydrogen-bond acceptors (Lipinski definition) is 2. The van der Waals surface area contributed by atoms with Crippen molar-refractivity contribution < 1.29 is 9.18 Å². The largest absolute Gasteiger partial charge is 0.345 e. The van der Waals surface area contributed by atoms with Crippen LogP contribution >= 0.6 is 22.9 Å². The number of rotatable bonds is 3. The molecule has 0 fully saturated rings. The highest BCUT2D eigenvalue weighted by atomic mass is 35.5. The maximum Gasteiger partial charge on any atom is 0.262 e. The van der Waals surface area contributed by atoms with Crippen molar-refractivity contribution >= 4 is 28.8 Å². The maximum absolute atomic E-state index is 13.7. The molecule has 1 aromatic heterocycles. The summed E-state index contributed by atoms with van der Waals surface area (Å²) in [5.41, 5.74) is 1.22. The molecular formula is C14H13ClFNOS. The van der Waals surface area contributed by atoms with E-state index in [1.807, 2.05) is 18.4 Å². The third kappa shape index (κ3) is 2.96. The van der Waals surface area contributed by atoms with Gasteiger partial charge >= 0.3 is 0 Å². The van der Waals surface area contributed by atoms with E-state index in [0.29, 0.717) is 15.5 Å². The zero-order valence-corrected chi connectivity index (χ0v) is 12.1. The van der Waals surface area contributed by atoms with Crippen LogP contribution in [0.1, 0.15) is 33.8 Å². The molecule has 1 amide bonds. The van der Waals surface area contributed by atoms with Crippen molar-refractivity contribution in [3.8, 4) is 0 Å². The number of halogens is 2. The van der Waals surface area contributed by atoms with E-state index in [2.05, 4.69) is 5.32 Å². The van der Waals surface area contributed by atoms with E-state index in [1.54, 1.807) is 19.1 Å². The van der Waals surface area contributed by atoms with Crippen LogP contribution in [0.5, 0.6) is 0 Å². The smallest absolute Gasteiger partial charge is 0.262 e. The van der Waals surface area contributed by atoms with Gasteiger partial charge in [0.1, 0.15) is 5.82 Å². The topological polar surface area (TPSA) is 29.1 Å². The summed E-state index contributed by atoms with van der Waals surface area (Å²) in [5, 5.41) is 4.94. The standard InChI is InChI=1S/C14H13ClFNOS/c1-8-6-7-19-13(8)14(18)17-9(2)12-10(15)4-3-5-11(12)16/h3-7,9H,1-2H3,(H,17,18). The van der Waals surface area contributed by atoms with Crippen molar-refractivity contribution in [2.45, 2.75) is 19.9 Å². The summed E-state index contributed by atoms with van der Waals surface area (Å²) in [6, 6.07) is 5.88. The van der Waals surface area contributed by atoms with E-state index in [9.17, 15) is 9.18 Å². The van der Waals surface area contributed by atoms with Gasteiger partial charge in [-0.25, -0.2) is 4.39 Å². The Morgan fingerprint density at radius 3 is 2.74 bits per heavy atom. The summed E-state index contributed by atoms with van der Waals surface area (Å²) in [6.45, 7) is 3.58. The van der Waals surface area contributed by atoms with E-state index in [1.165, 1.54) is 17.4 Å². The van der Waals surface area contributed by atoms with Crippen molar-refractivity contribution in [3.63, 3.8) is 0 Å². The molecule has 1 unspecified atom stereocenters. The van der Waals surface area contributed by atoms with Crippen LogP contribution in [0.25, 0.3) is 0 Å². The molecule has 0 saturated heterocycles. The Hall–Kier alpha value is -1.39. The third-order valence-electron chi connectivity index (χ3n) is 2.85. The monoisotopic (exact) mass is 297 g/mol. The molecule has 0 spiro atoms. The maximum atomic E-state index is 13.7. The lowest BCUT2D eigenvalue weighted by Crippen LogP contribution is -2.27. The third-order valence-corrected chi connectivity index (χ3v) is 4.19. The van der Waals surface area contributed by atoms with Crippen LogP contribution < -0.4 is 5.32 Å². The minimum Gasteiger partial charge on any atom is -0.345 e. The van der Waals surface area contributed by atoms with E-state index < -0.39 is 11.9 Å². The Morgan fingerprint density at radius 2 is 2.16 bits per heavy atom. The van der Waals surface area contributed by atoms with Crippen LogP contribution in [0.3, 0.4) is 0 Å². The SMILES string of the molecule is Cc1ccsc1C(=O)NC(C)c1c(F)cccc1Cl. The molecule has 5 heteroatoms. The summed E-state index contributed by atoms with van der Waals surface area (Å²) < 4.78 is 13.7. The van der Waals surface area contributed by atoms with Crippen molar-refractivity contribution in [3.05, 3.63) is 56.5 Å². The summed E-state index contributed by atoms with van der Waals surface area (Å²) in [4.78, 5) is 12.7. The van der Waals surface area contributed by atoms with Gasteiger partial charge in [0.15, 0.2) is 0 Å². The van der Waals surface area contributed by atoms with Gasteiger partial charge in [0.2, 0.25) is 0 Å². The lowest BCUT2D eigenvalue weighted by molar-refractivity contribution is 0.0943.